The smallest absolute Gasteiger partial charge is 0.472 e. The molecule has 1 rings (SSSR count). The van der Waals surface area contributed by atoms with Crippen molar-refractivity contribution in [1.29, 1.82) is 0 Å². The Labute approximate surface area is 506 Å². The molecule has 17 heteroatoms. The van der Waals surface area contributed by atoms with E-state index < -0.39 is 56.5 Å². The molecule has 84 heavy (non-hydrogen) atoms. The molecule has 0 bridgehead atoms. The highest BCUT2D eigenvalue weighted by Gasteiger charge is 2.27. The van der Waals surface area contributed by atoms with Crippen LogP contribution in [0.15, 0.2) is 83.1 Å². The van der Waals surface area contributed by atoms with Crippen LogP contribution < -0.4 is 21.3 Å². The number of unbranched alkanes of at least 4 members (excludes halogenated alkanes) is 23. The second kappa shape index (κ2) is 50.3. The molecule has 478 valence electrons. The number of carbonyl (C=O) groups excluding carboxylic acids is 4. The van der Waals surface area contributed by atoms with Crippen LogP contribution in [-0.4, -0.2) is 90.1 Å². The number of nitrogens with one attached hydrogen (secondary N) is 4. The van der Waals surface area contributed by atoms with Gasteiger partial charge < -0.3 is 36.4 Å². The van der Waals surface area contributed by atoms with Crippen molar-refractivity contribution < 1.29 is 57.5 Å². The van der Waals surface area contributed by atoms with E-state index in [0.29, 0.717) is 5.57 Å². The molecule has 0 aromatic rings. The number of aliphatic carboxylic acids is 2. The maximum atomic E-state index is 12.9. The molecule has 1 aliphatic rings. The molecule has 0 heterocycles. The first-order valence-electron chi connectivity index (χ1n) is 32.1. The number of phosphoric ester groups is 1. The van der Waals surface area contributed by atoms with Crippen molar-refractivity contribution in [2.45, 2.75) is 253 Å². The maximum Gasteiger partial charge on any atom is 0.472 e. The minimum absolute atomic E-state index is 0.0947. The quantitative estimate of drug-likeness (QED) is 0.00988. The minimum atomic E-state index is -4.40. The summed E-state index contributed by atoms with van der Waals surface area (Å²) in [5, 5.41) is 27.3. The Hall–Kier alpha value is -4.89. The van der Waals surface area contributed by atoms with Crippen LogP contribution in [0.3, 0.4) is 0 Å². The molecule has 1 unspecified atom stereocenters. The van der Waals surface area contributed by atoms with Crippen molar-refractivity contribution in [3.8, 4) is 0 Å². The number of hydrogen-bond acceptors (Lipinski definition) is 9. The Kier molecular flexibility index (Phi) is 46.2. The fraction of sp³-hybridized carbons (Fsp3) is 0.701. The molecule has 0 spiro atoms. The van der Waals surface area contributed by atoms with Crippen LogP contribution in [0.25, 0.3) is 0 Å². The molecule has 4 amide bonds. The zero-order valence-corrected chi connectivity index (χ0v) is 53.5. The Morgan fingerprint density at radius 3 is 1.46 bits per heavy atom. The van der Waals surface area contributed by atoms with E-state index in [0.717, 1.165) is 153 Å². The van der Waals surface area contributed by atoms with Gasteiger partial charge in [0.1, 0.15) is 0 Å². The Morgan fingerprint density at radius 1 is 0.571 bits per heavy atom. The summed E-state index contributed by atoms with van der Waals surface area (Å²) < 4.78 is 23.6. The van der Waals surface area contributed by atoms with Gasteiger partial charge in [0.05, 0.1) is 32.8 Å². The molecule has 0 radical (unpaired) electrons. The molecule has 0 saturated heterocycles. The molecular weight excluding hydrogens is 1080 g/mol. The average Bonchev–Trinajstić information content (AvgIpc) is 3.22. The van der Waals surface area contributed by atoms with Gasteiger partial charge in [-0.05, 0) is 140 Å². The monoisotopic (exact) mass is 1200 g/mol. The van der Waals surface area contributed by atoms with Gasteiger partial charge in [-0.2, -0.15) is 0 Å². The predicted octanol–water partition coefficient (Wildman–Crippen LogP) is 15.1. The van der Waals surface area contributed by atoms with E-state index in [1.54, 1.807) is 13.0 Å². The summed E-state index contributed by atoms with van der Waals surface area (Å²) in [6.45, 7) is 9.18. The van der Waals surface area contributed by atoms with Gasteiger partial charge >= 0.3 is 19.8 Å². The number of phosphoric acid groups is 1. The van der Waals surface area contributed by atoms with Crippen molar-refractivity contribution >= 4 is 43.4 Å². The van der Waals surface area contributed by atoms with Gasteiger partial charge in [0.25, 0.3) is 0 Å². The highest BCUT2D eigenvalue weighted by Crippen LogP contribution is 2.44. The summed E-state index contributed by atoms with van der Waals surface area (Å²) in [5.74, 6) is -3.53. The number of amides is 4. The lowest BCUT2D eigenvalue weighted by Gasteiger charge is -2.32. The van der Waals surface area contributed by atoms with Crippen LogP contribution in [-0.2, 0) is 42.4 Å². The number of hydrogen-bond donors (Lipinski definition) is 7. The largest absolute Gasteiger partial charge is 0.481 e. The minimum Gasteiger partial charge on any atom is -0.481 e. The summed E-state index contributed by atoms with van der Waals surface area (Å²) in [5.41, 5.74) is 4.77. The molecule has 0 saturated carbocycles. The van der Waals surface area contributed by atoms with E-state index >= 15 is 0 Å². The lowest BCUT2D eigenvalue weighted by molar-refractivity contribution is -0.138. The molecule has 0 aromatic carbocycles. The van der Waals surface area contributed by atoms with Crippen molar-refractivity contribution in [3.05, 3.63) is 83.1 Å². The van der Waals surface area contributed by atoms with Crippen molar-refractivity contribution in [1.82, 2.24) is 21.3 Å². The van der Waals surface area contributed by atoms with Gasteiger partial charge in [0.2, 0.25) is 23.6 Å². The summed E-state index contributed by atoms with van der Waals surface area (Å²) in [6, 6.07) is 0. The van der Waals surface area contributed by atoms with E-state index in [-0.39, 0.29) is 50.5 Å². The highest BCUT2D eigenvalue weighted by atomic mass is 31.2. The Bertz CT molecular complexity index is 2140. The van der Waals surface area contributed by atoms with Crippen LogP contribution in [0.5, 0.6) is 0 Å². The van der Waals surface area contributed by atoms with Gasteiger partial charge in [0, 0.05) is 25.5 Å². The van der Waals surface area contributed by atoms with Crippen LogP contribution in [0.2, 0.25) is 0 Å². The fourth-order valence-electron chi connectivity index (χ4n) is 10.1. The number of rotatable bonds is 53. The second-order valence-corrected chi connectivity index (χ2v) is 25.1. The molecule has 2 atom stereocenters. The number of carbonyl (C=O) groups is 6. The van der Waals surface area contributed by atoms with Crippen molar-refractivity contribution in [2.75, 3.05) is 39.4 Å². The molecule has 16 nitrogen and oxygen atoms in total. The van der Waals surface area contributed by atoms with E-state index in [4.69, 9.17) is 19.3 Å². The summed E-state index contributed by atoms with van der Waals surface area (Å²) >= 11 is 0. The first-order valence-corrected chi connectivity index (χ1v) is 33.6. The molecule has 0 aliphatic heterocycles. The van der Waals surface area contributed by atoms with Crippen LogP contribution in [0.1, 0.15) is 253 Å². The topological polar surface area (TPSA) is 247 Å². The van der Waals surface area contributed by atoms with E-state index in [1.165, 1.54) is 75.0 Å². The molecule has 1 aliphatic carbocycles. The zero-order chi connectivity index (χ0) is 61.9. The van der Waals surface area contributed by atoms with Crippen LogP contribution in [0.4, 0.5) is 0 Å². The van der Waals surface area contributed by atoms with E-state index in [9.17, 15) is 38.2 Å². The molecule has 7 N–H and O–H groups in total. The number of carboxylic acids is 2. The summed E-state index contributed by atoms with van der Waals surface area (Å²) in [4.78, 5) is 81.2. The van der Waals surface area contributed by atoms with Gasteiger partial charge in [-0.15, -0.1) is 0 Å². The van der Waals surface area contributed by atoms with Gasteiger partial charge in [-0.3, -0.25) is 37.8 Å². The number of carboxylic acid groups (broad SMARTS) is 2. The standard InChI is InChI=1S/C67H113N4O12P/c1-56(46-47-60-58(3)41-38-48-67(60,4)5)39-37-40-57(2)51-61(72)69-53-63(74)71-54-64(75)70-52-62(73)68-49-50-82-84(80,81)83-55-59(43-34-30-26-22-18-14-10-8-12-16-20-24-28-32-36-45-66(78)79)42-33-29-25-21-17-13-9-6-7-11-15-19-23-27-31-35-44-65(76)77/h7-8,11-12,37,39-40,46-47,51,59H,6,9-10,13-36,38,41-45,48-50,52-55H2,1-5H3,(H,68,73)(H,69,72)(H,70,75)(H,71,74)(H,76,77)(H,78,79)(H,80,81)/t59-/m1/s1. The Morgan fingerprint density at radius 2 is 1.00 bits per heavy atom. The summed E-state index contributed by atoms with van der Waals surface area (Å²) in [7, 11) is -4.40. The van der Waals surface area contributed by atoms with Crippen LogP contribution in [0, 0.1) is 11.3 Å². The second-order valence-electron chi connectivity index (χ2n) is 23.6. The normalized spacial score (nSPS) is 15.1. The molecule has 0 aromatic heterocycles. The van der Waals surface area contributed by atoms with Gasteiger partial charge in [-0.25, -0.2) is 4.57 Å². The lowest BCUT2D eigenvalue weighted by atomic mass is 9.72. The van der Waals surface area contributed by atoms with Crippen molar-refractivity contribution in [3.63, 3.8) is 0 Å². The SMILES string of the molecule is CC(C=CC1=C(C)CCCC1(C)C)=CC=CC(C)=CC(=O)NCC(=O)NCC(=O)NCC(=O)NCCOP(=O)(O)OC[C@@H](CCCCCCCCC=CCCCCCCCC(=O)O)CCCCCCCCCC=CCCCCCCCC(=O)O. The van der Waals surface area contributed by atoms with Gasteiger partial charge in [-0.1, -0.05) is 189 Å². The van der Waals surface area contributed by atoms with Gasteiger partial charge in [0.15, 0.2) is 0 Å². The molecule has 0 fully saturated rings. The average molecular weight is 1200 g/mol. The summed E-state index contributed by atoms with van der Waals surface area (Å²) in [6.07, 6.45) is 55.9. The van der Waals surface area contributed by atoms with Crippen molar-refractivity contribution in [2.24, 2.45) is 11.3 Å². The maximum absolute atomic E-state index is 12.9. The third-order valence-corrected chi connectivity index (χ3v) is 16.2. The third-order valence-electron chi connectivity index (χ3n) is 15.2. The van der Waals surface area contributed by atoms with E-state index in [1.807, 2.05) is 19.1 Å². The third kappa shape index (κ3) is 47.4. The first kappa shape index (κ1) is 77.1. The lowest BCUT2D eigenvalue weighted by Crippen LogP contribution is -2.44. The zero-order valence-electron chi connectivity index (χ0n) is 52.6. The van der Waals surface area contributed by atoms with Crippen LogP contribution >= 0.6 is 7.82 Å². The first-order chi connectivity index (χ1) is 40.3. The predicted molar refractivity (Wildman–Crippen MR) is 340 cm³/mol. The highest BCUT2D eigenvalue weighted by molar-refractivity contribution is 7.47. The Balaban J connectivity index is 2.40. The van der Waals surface area contributed by atoms with E-state index in [2.05, 4.69) is 78.5 Å². The molecular formula is C67H113N4O12P. The number of allylic oxidation sites excluding steroid dienone is 13. The fourth-order valence-corrected chi connectivity index (χ4v) is 10.9.